The normalized spacial score (nSPS) is 13.7. The quantitative estimate of drug-likeness (QED) is 0.756. The lowest BCUT2D eigenvalue weighted by Crippen LogP contribution is -2.25. The molecule has 1 N–H and O–H groups in total. The highest BCUT2D eigenvalue weighted by Crippen LogP contribution is 2.29. The van der Waals surface area contributed by atoms with Gasteiger partial charge in [0, 0.05) is 30.2 Å². The molecule has 0 fully saturated rings. The molecule has 0 radical (unpaired) electrons. The second-order valence-corrected chi connectivity index (χ2v) is 7.44. The standard InChI is InChI=1S/C17H21N5OS.ClH/c1-11-8-12(2)22(20-11)7-3-6-21-10-19-16-15(17(21)23)13-4-5-18-9-14(13)24-16;/h8,10,18H,3-7,9H2,1-2H3;1H. The third kappa shape index (κ3) is 3.36. The average molecular weight is 380 g/mol. The lowest BCUT2D eigenvalue weighted by atomic mass is 10.1. The van der Waals surface area contributed by atoms with Gasteiger partial charge in [-0.2, -0.15) is 5.10 Å². The Morgan fingerprint density at radius 1 is 1.32 bits per heavy atom. The topological polar surface area (TPSA) is 64.7 Å². The molecule has 25 heavy (non-hydrogen) atoms. The van der Waals surface area contributed by atoms with Gasteiger partial charge in [-0.3, -0.25) is 14.0 Å². The Morgan fingerprint density at radius 3 is 2.92 bits per heavy atom. The number of aromatic nitrogens is 4. The van der Waals surface area contributed by atoms with Gasteiger partial charge < -0.3 is 5.32 Å². The molecule has 1 aliphatic rings. The van der Waals surface area contributed by atoms with Crippen LogP contribution in [0.2, 0.25) is 0 Å². The third-order valence-electron chi connectivity index (χ3n) is 4.57. The fourth-order valence-electron chi connectivity index (χ4n) is 3.40. The van der Waals surface area contributed by atoms with Crippen molar-refractivity contribution in [3.63, 3.8) is 0 Å². The zero-order valence-corrected chi connectivity index (χ0v) is 16.0. The molecule has 4 rings (SSSR count). The Balaban J connectivity index is 0.00000182. The second-order valence-electron chi connectivity index (χ2n) is 6.36. The first kappa shape index (κ1) is 18.1. The number of rotatable bonds is 4. The minimum Gasteiger partial charge on any atom is -0.312 e. The lowest BCUT2D eigenvalue weighted by molar-refractivity contribution is 0.508. The maximum Gasteiger partial charge on any atom is 0.262 e. The Morgan fingerprint density at radius 2 is 2.16 bits per heavy atom. The predicted octanol–water partition coefficient (Wildman–Crippen LogP) is 2.43. The number of nitrogens with one attached hydrogen (secondary N) is 1. The molecular weight excluding hydrogens is 358 g/mol. The van der Waals surface area contributed by atoms with Crippen molar-refractivity contribution in [1.82, 2.24) is 24.6 Å². The minimum atomic E-state index is 0. The van der Waals surface area contributed by atoms with Crippen molar-refractivity contribution in [2.24, 2.45) is 0 Å². The molecule has 3 aromatic rings. The van der Waals surface area contributed by atoms with Gasteiger partial charge in [0.1, 0.15) is 4.83 Å². The molecule has 8 heteroatoms. The maximum atomic E-state index is 12.9. The molecule has 0 atom stereocenters. The monoisotopic (exact) mass is 379 g/mol. The van der Waals surface area contributed by atoms with Crippen LogP contribution in [0.1, 0.15) is 28.2 Å². The van der Waals surface area contributed by atoms with Crippen LogP contribution in [0.5, 0.6) is 0 Å². The largest absolute Gasteiger partial charge is 0.312 e. The van der Waals surface area contributed by atoms with Crippen LogP contribution in [0.25, 0.3) is 10.2 Å². The fraction of sp³-hybridized carbons (Fsp3) is 0.471. The van der Waals surface area contributed by atoms with Crippen molar-refractivity contribution in [2.75, 3.05) is 6.54 Å². The van der Waals surface area contributed by atoms with Crippen molar-refractivity contribution in [3.05, 3.63) is 44.6 Å². The van der Waals surface area contributed by atoms with Gasteiger partial charge in [-0.1, -0.05) is 0 Å². The highest BCUT2D eigenvalue weighted by Gasteiger charge is 2.19. The molecule has 134 valence electrons. The van der Waals surface area contributed by atoms with Gasteiger partial charge in [0.15, 0.2) is 0 Å². The lowest BCUT2D eigenvalue weighted by Gasteiger charge is -2.12. The average Bonchev–Trinajstić information content (AvgIpc) is 3.09. The van der Waals surface area contributed by atoms with E-state index in [2.05, 4.69) is 28.4 Å². The number of halogens is 1. The van der Waals surface area contributed by atoms with Crippen LogP contribution in [0.3, 0.4) is 0 Å². The zero-order valence-electron chi connectivity index (χ0n) is 14.4. The van der Waals surface area contributed by atoms with Crippen LogP contribution in [-0.4, -0.2) is 25.9 Å². The fourth-order valence-corrected chi connectivity index (χ4v) is 4.55. The van der Waals surface area contributed by atoms with Gasteiger partial charge in [0.05, 0.1) is 17.4 Å². The van der Waals surface area contributed by atoms with Crippen molar-refractivity contribution in [3.8, 4) is 0 Å². The van der Waals surface area contributed by atoms with Crippen LogP contribution in [0.4, 0.5) is 0 Å². The summed E-state index contributed by atoms with van der Waals surface area (Å²) in [6.45, 7) is 7.34. The number of fused-ring (bicyclic) bond motifs is 3. The van der Waals surface area contributed by atoms with E-state index < -0.39 is 0 Å². The molecule has 6 nitrogen and oxygen atoms in total. The minimum absolute atomic E-state index is 0. The number of thiophene rings is 1. The smallest absolute Gasteiger partial charge is 0.262 e. The Hall–Kier alpha value is -1.70. The SMILES string of the molecule is Cc1cc(C)n(CCCn2cnc3sc4c(c3c2=O)CCNC4)n1.Cl. The van der Waals surface area contributed by atoms with E-state index in [1.807, 2.05) is 11.6 Å². The molecule has 1 aliphatic heterocycles. The molecule has 3 aromatic heterocycles. The van der Waals surface area contributed by atoms with E-state index in [1.54, 1.807) is 22.2 Å². The van der Waals surface area contributed by atoms with E-state index in [0.717, 1.165) is 54.1 Å². The highest BCUT2D eigenvalue weighted by atomic mass is 35.5. The van der Waals surface area contributed by atoms with Gasteiger partial charge in [0.25, 0.3) is 5.56 Å². The molecule has 0 spiro atoms. The summed E-state index contributed by atoms with van der Waals surface area (Å²) in [5, 5.41) is 8.67. The molecular formula is C17H22ClN5OS. The van der Waals surface area contributed by atoms with Crippen molar-refractivity contribution < 1.29 is 0 Å². The molecule has 0 bridgehead atoms. The highest BCUT2D eigenvalue weighted by molar-refractivity contribution is 7.18. The van der Waals surface area contributed by atoms with Crippen LogP contribution < -0.4 is 10.9 Å². The van der Waals surface area contributed by atoms with Gasteiger partial charge in [-0.15, -0.1) is 23.7 Å². The number of nitrogens with zero attached hydrogens (tertiary/aromatic N) is 4. The van der Waals surface area contributed by atoms with Crippen LogP contribution in [0.15, 0.2) is 17.2 Å². The van der Waals surface area contributed by atoms with E-state index in [0.29, 0.717) is 6.54 Å². The van der Waals surface area contributed by atoms with Crippen LogP contribution in [-0.2, 0) is 26.1 Å². The predicted molar refractivity (Wildman–Crippen MR) is 103 cm³/mol. The molecule has 0 saturated heterocycles. The first-order valence-corrected chi connectivity index (χ1v) is 9.16. The van der Waals surface area contributed by atoms with E-state index >= 15 is 0 Å². The first-order chi connectivity index (χ1) is 11.6. The van der Waals surface area contributed by atoms with Crippen molar-refractivity contribution in [1.29, 1.82) is 0 Å². The summed E-state index contributed by atoms with van der Waals surface area (Å²) in [4.78, 5) is 19.5. The summed E-state index contributed by atoms with van der Waals surface area (Å²) in [7, 11) is 0. The van der Waals surface area contributed by atoms with Gasteiger partial charge in [-0.25, -0.2) is 4.98 Å². The number of aryl methyl sites for hydroxylation is 4. The molecule has 0 amide bonds. The van der Waals surface area contributed by atoms with Crippen LogP contribution in [0, 0.1) is 13.8 Å². The molecule has 0 unspecified atom stereocenters. The summed E-state index contributed by atoms with van der Waals surface area (Å²) >= 11 is 1.65. The summed E-state index contributed by atoms with van der Waals surface area (Å²) in [5.74, 6) is 0. The summed E-state index contributed by atoms with van der Waals surface area (Å²) in [6, 6.07) is 2.07. The second kappa shape index (κ2) is 7.27. The zero-order chi connectivity index (χ0) is 16.7. The van der Waals surface area contributed by atoms with Gasteiger partial charge in [-0.05, 0) is 44.9 Å². The molecule has 0 saturated carbocycles. The Labute approximate surface area is 156 Å². The number of hydrogen-bond acceptors (Lipinski definition) is 5. The van der Waals surface area contributed by atoms with E-state index in [9.17, 15) is 4.79 Å². The van der Waals surface area contributed by atoms with Crippen LogP contribution >= 0.6 is 23.7 Å². The van der Waals surface area contributed by atoms with Crippen molar-refractivity contribution in [2.45, 2.75) is 46.3 Å². The van der Waals surface area contributed by atoms with E-state index in [4.69, 9.17) is 0 Å². The number of hydrogen-bond donors (Lipinski definition) is 1. The maximum absolute atomic E-state index is 12.9. The van der Waals surface area contributed by atoms with Crippen molar-refractivity contribution >= 4 is 34.0 Å². The summed E-state index contributed by atoms with van der Waals surface area (Å²) in [5.41, 5.74) is 3.51. The molecule has 0 aromatic carbocycles. The third-order valence-corrected chi connectivity index (χ3v) is 5.71. The molecule has 0 aliphatic carbocycles. The Kier molecular flexibility index (Phi) is 5.27. The Bertz CT molecular complexity index is 958. The molecule has 4 heterocycles. The van der Waals surface area contributed by atoms with E-state index in [1.165, 1.54) is 10.4 Å². The summed E-state index contributed by atoms with van der Waals surface area (Å²) < 4.78 is 3.76. The summed E-state index contributed by atoms with van der Waals surface area (Å²) in [6.07, 6.45) is 3.48. The van der Waals surface area contributed by atoms with E-state index in [-0.39, 0.29) is 18.0 Å². The van der Waals surface area contributed by atoms with Gasteiger partial charge in [0.2, 0.25) is 0 Å². The first-order valence-electron chi connectivity index (χ1n) is 8.35. The van der Waals surface area contributed by atoms with Gasteiger partial charge >= 0.3 is 0 Å².